The van der Waals surface area contributed by atoms with Crippen molar-refractivity contribution in [2.75, 3.05) is 13.6 Å². The smallest absolute Gasteiger partial charge is 0.305 e. The number of aliphatic carboxylic acids is 1. The number of hydrogen-bond donors (Lipinski definition) is 2. The summed E-state index contributed by atoms with van der Waals surface area (Å²) in [5.41, 5.74) is 0.382. The maximum atomic E-state index is 10.6. The number of carboxylic acids is 1. The molecular weight excluding hydrogens is 254 g/mol. The zero-order valence-electron chi connectivity index (χ0n) is 12.7. The van der Waals surface area contributed by atoms with Crippen LogP contribution in [0.3, 0.4) is 0 Å². The highest BCUT2D eigenvalue weighted by Crippen LogP contribution is 2.36. The van der Waals surface area contributed by atoms with Crippen molar-refractivity contribution in [1.82, 2.24) is 4.90 Å². The third-order valence-corrected chi connectivity index (χ3v) is 3.97. The molecular formula is C16H25NO3. The van der Waals surface area contributed by atoms with Crippen LogP contribution >= 0.6 is 0 Å². The third-order valence-electron chi connectivity index (χ3n) is 3.97. The van der Waals surface area contributed by atoms with Gasteiger partial charge in [-0.2, -0.15) is 0 Å². The molecule has 0 radical (unpaired) electrons. The first-order valence-corrected chi connectivity index (χ1v) is 7.00. The van der Waals surface area contributed by atoms with E-state index in [-0.39, 0.29) is 12.0 Å². The van der Waals surface area contributed by atoms with Crippen molar-refractivity contribution in [2.24, 2.45) is 5.92 Å². The summed E-state index contributed by atoms with van der Waals surface area (Å²) in [6.07, 6.45) is 0.828. The van der Waals surface area contributed by atoms with Crippen molar-refractivity contribution in [3.05, 3.63) is 35.9 Å². The van der Waals surface area contributed by atoms with Crippen LogP contribution in [-0.2, 0) is 10.4 Å². The summed E-state index contributed by atoms with van der Waals surface area (Å²) in [6.45, 7) is 6.33. The molecule has 1 aromatic rings. The van der Waals surface area contributed by atoms with Crippen LogP contribution in [-0.4, -0.2) is 40.7 Å². The summed E-state index contributed by atoms with van der Waals surface area (Å²) in [5, 5.41) is 18.6. The first kappa shape index (κ1) is 16.7. The van der Waals surface area contributed by atoms with Crippen molar-refractivity contribution < 1.29 is 15.0 Å². The van der Waals surface area contributed by atoms with Crippen LogP contribution in [0.5, 0.6) is 0 Å². The second-order valence-electron chi connectivity index (χ2n) is 5.69. The molecule has 2 rings (SSSR count). The Morgan fingerprint density at radius 2 is 1.85 bits per heavy atom. The molecule has 1 aliphatic heterocycles. The van der Waals surface area contributed by atoms with Gasteiger partial charge in [-0.3, -0.25) is 4.79 Å². The SMILES string of the molecule is CC(C)C(=O)O.CC1N(C)CCC1(O)c1ccccc1. The van der Waals surface area contributed by atoms with E-state index in [9.17, 15) is 9.90 Å². The molecule has 1 saturated heterocycles. The maximum Gasteiger partial charge on any atom is 0.305 e. The number of rotatable bonds is 2. The zero-order valence-corrected chi connectivity index (χ0v) is 12.7. The number of carbonyl (C=O) groups is 1. The molecule has 2 N–H and O–H groups in total. The zero-order chi connectivity index (χ0) is 15.3. The molecule has 1 aliphatic rings. The number of hydrogen-bond acceptors (Lipinski definition) is 3. The standard InChI is InChI=1S/C12H17NO.C4H8O2/c1-10-12(14,8-9-13(10)2)11-6-4-3-5-7-11;1-3(2)4(5)6/h3-7,10,14H,8-9H2,1-2H3;3H,1-2H3,(H,5,6). The summed E-state index contributed by atoms with van der Waals surface area (Å²) in [6, 6.07) is 10.2. The number of benzene rings is 1. The van der Waals surface area contributed by atoms with Gasteiger partial charge in [-0.25, -0.2) is 0 Å². The van der Waals surface area contributed by atoms with E-state index in [0.29, 0.717) is 0 Å². The van der Waals surface area contributed by atoms with Gasteiger partial charge in [-0.1, -0.05) is 44.2 Å². The Labute approximate surface area is 121 Å². The van der Waals surface area contributed by atoms with E-state index in [4.69, 9.17) is 5.11 Å². The molecule has 2 atom stereocenters. The van der Waals surface area contributed by atoms with Gasteiger partial charge in [0.1, 0.15) is 5.60 Å². The molecule has 112 valence electrons. The number of likely N-dealkylation sites (tertiary alicyclic amines) is 1. The molecule has 4 nitrogen and oxygen atoms in total. The molecule has 4 heteroatoms. The summed E-state index contributed by atoms with van der Waals surface area (Å²) in [5.74, 6) is -0.972. The Balaban J connectivity index is 0.000000286. The van der Waals surface area contributed by atoms with Crippen LogP contribution in [0, 0.1) is 5.92 Å². The summed E-state index contributed by atoms with van der Waals surface area (Å²) in [4.78, 5) is 11.9. The summed E-state index contributed by atoms with van der Waals surface area (Å²) < 4.78 is 0. The van der Waals surface area contributed by atoms with Gasteiger partial charge in [0.2, 0.25) is 0 Å². The fourth-order valence-electron chi connectivity index (χ4n) is 2.23. The maximum absolute atomic E-state index is 10.6. The van der Waals surface area contributed by atoms with Crippen molar-refractivity contribution in [3.8, 4) is 0 Å². The van der Waals surface area contributed by atoms with Crippen molar-refractivity contribution in [1.29, 1.82) is 0 Å². The Kier molecular flexibility index (Phi) is 5.72. The molecule has 1 heterocycles. The minimum atomic E-state index is -0.741. The van der Waals surface area contributed by atoms with E-state index < -0.39 is 11.6 Å². The number of carboxylic acid groups (broad SMARTS) is 1. The molecule has 0 aromatic heterocycles. The van der Waals surface area contributed by atoms with E-state index in [2.05, 4.69) is 18.9 Å². The molecule has 1 fully saturated rings. The van der Waals surface area contributed by atoms with Crippen LogP contribution in [0.15, 0.2) is 30.3 Å². The van der Waals surface area contributed by atoms with Crippen molar-refractivity contribution in [2.45, 2.75) is 38.8 Å². The van der Waals surface area contributed by atoms with Gasteiger partial charge in [0.25, 0.3) is 0 Å². The minimum absolute atomic E-state index is 0.199. The van der Waals surface area contributed by atoms with Crippen LogP contribution < -0.4 is 0 Å². The van der Waals surface area contributed by atoms with Gasteiger partial charge < -0.3 is 15.1 Å². The Morgan fingerprint density at radius 1 is 1.35 bits per heavy atom. The van der Waals surface area contributed by atoms with Crippen molar-refractivity contribution in [3.63, 3.8) is 0 Å². The second kappa shape index (κ2) is 6.86. The fraction of sp³-hybridized carbons (Fsp3) is 0.562. The fourth-order valence-corrected chi connectivity index (χ4v) is 2.23. The van der Waals surface area contributed by atoms with E-state index in [1.165, 1.54) is 0 Å². The second-order valence-corrected chi connectivity index (χ2v) is 5.69. The molecule has 0 saturated carbocycles. The lowest BCUT2D eigenvalue weighted by molar-refractivity contribution is -0.140. The molecule has 0 spiro atoms. The van der Waals surface area contributed by atoms with Gasteiger partial charge in [0.15, 0.2) is 0 Å². The highest BCUT2D eigenvalue weighted by atomic mass is 16.4. The third kappa shape index (κ3) is 3.81. The van der Waals surface area contributed by atoms with Gasteiger partial charge in [0, 0.05) is 12.6 Å². The van der Waals surface area contributed by atoms with Crippen molar-refractivity contribution >= 4 is 5.97 Å². The molecule has 0 bridgehead atoms. The molecule has 0 amide bonds. The van der Waals surface area contributed by atoms with Gasteiger partial charge in [0.05, 0.1) is 5.92 Å². The first-order chi connectivity index (χ1) is 9.29. The Morgan fingerprint density at radius 3 is 2.20 bits per heavy atom. The normalized spacial score (nSPS) is 26.2. The first-order valence-electron chi connectivity index (χ1n) is 7.00. The lowest BCUT2D eigenvalue weighted by Crippen LogP contribution is -2.38. The van der Waals surface area contributed by atoms with Crippen LogP contribution in [0.25, 0.3) is 0 Å². The predicted molar refractivity (Wildman–Crippen MR) is 79.5 cm³/mol. The highest BCUT2D eigenvalue weighted by Gasteiger charge is 2.42. The van der Waals surface area contributed by atoms with Gasteiger partial charge in [-0.05, 0) is 26.0 Å². The number of nitrogens with zero attached hydrogens (tertiary/aromatic N) is 1. The van der Waals surface area contributed by atoms with Gasteiger partial charge >= 0.3 is 5.97 Å². The molecule has 2 unspecified atom stereocenters. The largest absolute Gasteiger partial charge is 0.481 e. The van der Waals surface area contributed by atoms with Crippen LogP contribution in [0.4, 0.5) is 0 Å². The van der Waals surface area contributed by atoms with Crippen LogP contribution in [0.1, 0.15) is 32.8 Å². The topological polar surface area (TPSA) is 60.8 Å². The lowest BCUT2D eigenvalue weighted by atomic mass is 9.87. The van der Waals surface area contributed by atoms with Crippen LogP contribution in [0.2, 0.25) is 0 Å². The average Bonchev–Trinajstić information content (AvgIpc) is 2.69. The summed E-state index contributed by atoms with van der Waals surface area (Å²) in [7, 11) is 2.06. The van der Waals surface area contributed by atoms with E-state index in [1.54, 1.807) is 13.8 Å². The monoisotopic (exact) mass is 279 g/mol. The lowest BCUT2D eigenvalue weighted by Gasteiger charge is -2.30. The number of likely N-dealkylation sites (N-methyl/N-ethyl adjacent to an activating group) is 1. The van der Waals surface area contributed by atoms with E-state index >= 15 is 0 Å². The highest BCUT2D eigenvalue weighted by molar-refractivity contribution is 5.68. The molecule has 1 aromatic carbocycles. The minimum Gasteiger partial charge on any atom is -0.481 e. The van der Waals surface area contributed by atoms with Gasteiger partial charge in [-0.15, -0.1) is 0 Å². The summed E-state index contributed by atoms with van der Waals surface area (Å²) >= 11 is 0. The molecule has 20 heavy (non-hydrogen) atoms. The molecule has 0 aliphatic carbocycles. The Hall–Kier alpha value is -1.39. The van der Waals surface area contributed by atoms with E-state index in [0.717, 1.165) is 18.5 Å². The average molecular weight is 279 g/mol. The van der Waals surface area contributed by atoms with E-state index in [1.807, 2.05) is 30.3 Å². The Bertz CT molecular complexity index is 433. The quantitative estimate of drug-likeness (QED) is 0.872. The predicted octanol–water partition coefficient (Wildman–Crippen LogP) is 2.33. The number of aliphatic hydroxyl groups is 1.